The first-order chi connectivity index (χ1) is 5.65. The van der Waals surface area contributed by atoms with Gasteiger partial charge in [-0.1, -0.05) is 12.2 Å². The highest BCUT2D eigenvalue weighted by Crippen LogP contribution is 2.43. The zero-order valence-corrected chi connectivity index (χ0v) is 7.24. The molecule has 1 saturated heterocycles. The summed E-state index contributed by atoms with van der Waals surface area (Å²) in [5, 5.41) is 0. The van der Waals surface area contributed by atoms with Crippen LogP contribution in [0.15, 0.2) is 12.2 Å². The first kappa shape index (κ1) is 7.80. The van der Waals surface area contributed by atoms with Gasteiger partial charge >= 0.3 is 5.97 Å². The number of hydrogen-bond donors (Lipinski definition) is 0. The minimum absolute atomic E-state index is 0.113. The van der Waals surface area contributed by atoms with Crippen molar-refractivity contribution in [1.29, 1.82) is 0 Å². The molecule has 3 heteroatoms. The molecule has 2 bridgehead atoms. The maximum absolute atomic E-state index is 11.3. The fourth-order valence-corrected chi connectivity index (χ4v) is 1.97. The highest BCUT2D eigenvalue weighted by molar-refractivity contribution is 5.75. The second-order valence-corrected chi connectivity index (χ2v) is 3.51. The standard InChI is InChI=1S/C9H12O3/c1-9-4-3-6(12-9)5-7(9)8(10)11-2/h3-4,6-7H,5H2,1-2H3/t6-,7-,9+/m1/s1. The molecule has 2 rings (SSSR count). The number of ether oxygens (including phenoxy) is 2. The quantitative estimate of drug-likeness (QED) is 0.431. The zero-order valence-electron chi connectivity index (χ0n) is 7.24. The summed E-state index contributed by atoms with van der Waals surface area (Å²) in [6, 6.07) is 0. The van der Waals surface area contributed by atoms with Gasteiger partial charge in [-0.15, -0.1) is 0 Å². The Balaban J connectivity index is 2.21. The molecule has 2 aliphatic rings. The Labute approximate surface area is 71.3 Å². The lowest BCUT2D eigenvalue weighted by atomic mass is 9.84. The molecule has 66 valence electrons. The van der Waals surface area contributed by atoms with Gasteiger partial charge in [0.2, 0.25) is 0 Å². The van der Waals surface area contributed by atoms with Gasteiger partial charge in [-0.25, -0.2) is 0 Å². The SMILES string of the molecule is COC(=O)[C@H]1C[C@H]2C=C[C@]1(C)O2. The molecule has 3 atom stereocenters. The lowest BCUT2D eigenvalue weighted by molar-refractivity contribution is -0.149. The van der Waals surface area contributed by atoms with Crippen molar-refractivity contribution in [2.75, 3.05) is 7.11 Å². The Hall–Kier alpha value is -0.830. The van der Waals surface area contributed by atoms with Crippen molar-refractivity contribution in [3.8, 4) is 0 Å². The van der Waals surface area contributed by atoms with E-state index in [-0.39, 0.29) is 18.0 Å². The molecule has 0 N–H and O–H groups in total. The van der Waals surface area contributed by atoms with E-state index < -0.39 is 5.60 Å². The van der Waals surface area contributed by atoms with Crippen LogP contribution in [0.1, 0.15) is 13.3 Å². The van der Waals surface area contributed by atoms with E-state index >= 15 is 0 Å². The summed E-state index contributed by atoms with van der Waals surface area (Å²) in [7, 11) is 1.42. The predicted molar refractivity (Wildman–Crippen MR) is 42.5 cm³/mol. The van der Waals surface area contributed by atoms with Crippen molar-refractivity contribution < 1.29 is 14.3 Å². The third kappa shape index (κ3) is 0.894. The Kier molecular flexibility index (Phi) is 1.51. The van der Waals surface area contributed by atoms with Gasteiger partial charge in [0.05, 0.1) is 24.7 Å². The largest absolute Gasteiger partial charge is 0.469 e. The van der Waals surface area contributed by atoms with Crippen LogP contribution in [0.2, 0.25) is 0 Å². The van der Waals surface area contributed by atoms with Crippen LogP contribution in [0.5, 0.6) is 0 Å². The molecule has 0 aliphatic carbocycles. The fourth-order valence-electron chi connectivity index (χ4n) is 1.97. The summed E-state index contributed by atoms with van der Waals surface area (Å²) in [5.41, 5.74) is -0.405. The average Bonchev–Trinajstić information content (AvgIpc) is 2.57. The summed E-state index contributed by atoms with van der Waals surface area (Å²) in [6.07, 6.45) is 4.86. The first-order valence-corrected chi connectivity index (χ1v) is 4.11. The van der Waals surface area contributed by atoms with Crippen LogP contribution in [0.25, 0.3) is 0 Å². The molecule has 0 aromatic carbocycles. The third-order valence-electron chi connectivity index (χ3n) is 2.69. The number of esters is 1. The molecule has 0 radical (unpaired) electrons. The summed E-state index contributed by atoms with van der Waals surface area (Å²) < 4.78 is 10.3. The van der Waals surface area contributed by atoms with E-state index in [1.54, 1.807) is 0 Å². The molecule has 0 aromatic heterocycles. The number of carbonyl (C=O) groups is 1. The maximum Gasteiger partial charge on any atom is 0.312 e. The average molecular weight is 168 g/mol. The second-order valence-electron chi connectivity index (χ2n) is 3.51. The highest BCUT2D eigenvalue weighted by Gasteiger charge is 2.50. The molecule has 0 saturated carbocycles. The normalized spacial score (nSPS) is 43.5. The molecule has 0 amide bonds. The van der Waals surface area contributed by atoms with E-state index in [0.717, 1.165) is 6.42 Å². The number of methoxy groups -OCH3 is 1. The lowest BCUT2D eigenvalue weighted by Gasteiger charge is -2.23. The molecule has 0 aromatic rings. The van der Waals surface area contributed by atoms with Crippen molar-refractivity contribution >= 4 is 5.97 Å². The predicted octanol–water partition coefficient (Wildman–Crippen LogP) is 0.893. The zero-order chi connectivity index (χ0) is 8.77. The maximum atomic E-state index is 11.3. The topological polar surface area (TPSA) is 35.5 Å². The van der Waals surface area contributed by atoms with Crippen LogP contribution in [0.3, 0.4) is 0 Å². The summed E-state index contributed by atoms with van der Waals surface area (Å²) >= 11 is 0. The monoisotopic (exact) mass is 168 g/mol. The Morgan fingerprint density at radius 1 is 1.75 bits per heavy atom. The van der Waals surface area contributed by atoms with Gasteiger partial charge in [0.15, 0.2) is 0 Å². The van der Waals surface area contributed by atoms with E-state index in [9.17, 15) is 4.79 Å². The Morgan fingerprint density at radius 3 is 2.92 bits per heavy atom. The molecule has 0 spiro atoms. The van der Waals surface area contributed by atoms with E-state index in [0.29, 0.717) is 0 Å². The second kappa shape index (κ2) is 2.33. The molecular formula is C9H12O3. The smallest absolute Gasteiger partial charge is 0.312 e. The molecule has 12 heavy (non-hydrogen) atoms. The number of rotatable bonds is 1. The van der Waals surface area contributed by atoms with Crippen molar-refractivity contribution in [3.05, 3.63) is 12.2 Å². The van der Waals surface area contributed by atoms with Gasteiger partial charge in [-0.3, -0.25) is 4.79 Å². The van der Waals surface area contributed by atoms with Crippen LogP contribution in [-0.2, 0) is 14.3 Å². The first-order valence-electron chi connectivity index (χ1n) is 4.11. The van der Waals surface area contributed by atoms with E-state index in [1.165, 1.54) is 7.11 Å². The molecule has 0 unspecified atom stereocenters. The van der Waals surface area contributed by atoms with Gasteiger partial charge in [-0.2, -0.15) is 0 Å². The summed E-state index contributed by atoms with van der Waals surface area (Å²) in [4.78, 5) is 11.3. The van der Waals surface area contributed by atoms with Gasteiger partial charge < -0.3 is 9.47 Å². The Morgan fingerprint density at radius 2 is 2.50 bits per heavy atom. The van der Waals surface area contributed by atoms with E-state index in [2.05, 4.69) is 0 Å². The van der Waals surface area contributed by atoms with Crippen LogP contribution >= 0.6 is 0 Å². The third-order valence-corrected chi connectivity index (χ3v) is 2.69. The van der Waals surface area contributed by atoms with Crippen molar-refractivity contribution in [2.24, 2.45) is 5.92 Å². The van der Waals surface area contributed by atoms with Gasteiger partial charge in [0.1, 0.15) is 0 Å². The molecule has 2 aliphatic heterocycles. The minimum atomic E-state index is -0.405. The summed E-state index contributed by atoms with van der Waals surface area (Å²) in [6.45, 7) is 1.93. The molecular weight excluding hydrogens is 156 g/mol. The van der Waals surface area contributed by atoms with Crippen molar-refractivity contribution in [3.63, 3.8) is 0 Å². The number of hydrogen-bond acceptors (Lipinski definition) is 3. The molecule has 1 fully saturated rings. The fraction of sp³-hybridized carbons (Fsp3) is 0.667. The minimum Gasteiger partial charge on any atom is -0.469 e. The summed E-state index contributed by atoms with van der Waals surface area (Å²) in [5.74, 6) is -0.276. The van der Waals surface area contributed by atoms with Crippen LogP contribution in [0.4, 0.5) is 0 Å². The molecule has 3 nitrogen and oxygen atoms in total. The van der Waals surface area contributed by atoms with Gasteiger partial charge in [-0.05, 0) is 13.3 Å². The Bertz CT molecular complexity index is 246. The van der Waals surface area contributed by atoms with E-state index in [4.69, 9.17) is 9.47 Å². The highest BCUT2D eigenvalue weighted by atomic mass is 16.5. The van der Waals surface area contributed by atoms with E-state index in [1.807, 2.05) is 19.1 Å². The molecule has 2 heterocycles. The van der Waals surface area contributed by atoms with Crippen molar-refractivity contribution in [1.82, 2.24) is 0 Å². The van der Waals surface area contributed by atoms with Crippen LogP contribution < -0.4 is 0 Å². The van der Waals surface area contributed by atoms with Gasteiger partial charge in [0, 0.05) is 0 Å². The van der Waals surface area contributed by atoms with Crippen LogP contribution in [-0.4, -0.2) is 24.8 Å². The lowest BCUT2D eigenvalue weighted by Crippen LogP contribution is -2.34. The van der Waals surface area contributed by atoms with Gasteiger partial charge in [0.25, 0.3) is 0 Å². The van der Waals surface area contributed by atoms with Crippen LogP contribution in [0, 0.1) is 5.92 Å². The van der Waals surface area contributed by atoms with Crippen molar-refractivity contribution in [2.45, 2.75) is 25.0 Å². The number of carbonyl (C=O) groups excluding carboxylic acids is 1. The number of fused-ring (bicyclic) bond motifs is 2.